The second-order valence-electron chi connectivity index (χ2n) is 3.95. The first kappa shape index (κ1) is 14.8. The molecule has 1 N–H and O–H groups in total. The van der Waals surface area contributed by atoms with Crippen LogP contribution in [-0.4, -0.2) is 23.8 Å². The molecule has 1 rings (SSSR count). The maximum Gasteiger partial charge on any atom is 0.425 e. The van der Waals surface area contributed by atoms with E-state index in [-0.39, 0.29) is 5.88 Å². The molecule has 1 aromatic heterocycles. The molecule has 0 fully saturated rings. The summed E-state index contributed by atoms with van der Waals surface area (Å²) in [4.78, 5) is 4.01. The Hall–Kier alpha value is -1.30. The van der Waals surface area contributed by atoms with Crippen LogP contribution in [0.5, 0.6) is 5.88 Å². The molecule has 0 aromatic carbocycles. The van der Waals surface area contributed by atoms with Crippen LogP contribution in [0.25, 0.3) is 0 Å². The Kier molecular flexibility index (Phi) is 5.40. The van der Waals surface area contributed by atoms with Gasteiger partial charge in [0, 0.05) is 12.6 Å². The van der Waals surface area contributed by atoms with E-state index in [2.05, 4.69) is 10.3 Å². The molecule has 0 aliphatic carbocycles. The van der Waals surface area contributed by atoms with Gasteiger partial charge in [0.1, 0.15) is 0 Å². The second-order valence-corrected chi connectivity index (χ2v) is 3.95. The van der Waals surface area contributed by atoms with Crippen molar-refractivity contribution in [3.05, 3.63) is 23.9 Å². The van der Waals surface area contributed by atoms with Crippen molar-refractivity contribution < 1.29 is 17.9 Å². The maximum atomic E-state index is 12.3. The molecule has 3 nitrogen and oxygen atoms in total. The molecule has 0 spiro atoms. The molecular weight excluding hydrogens is 245 g/mol. The van der Waals surface area contributed by atoms with Gasteiger partial charge in [-0.05, 0) is 26.0 Å². The molecule has 0 aliphatic heterocycles. The number of nitrogens with zero attached hydrogens (tertiary/aromatic N) is 1. The van der Waals surface area contributed by atoms with E-state index in [0.717, 1.165) is 19.9 Å². The lowest BCUT2D eigenvalue weighted by Crippen LogP contribution is -2.31. The highest BCUT2D eigenvalue weighted by Crippen LogP contribution is 2.23. The minimum absolute atomic E-state index is 0.00405. The number of halogens is 3. The number of pyridine rings is 1. The van der Waals surface area contributed by atoms with Gasteiger partial charge in [0.25, 0.3) is 0 Å². The fourth-order valence-electron chi connectivity index (χ4n) is 1.26. The average Bonchev–Trinajstić information content (AvgIpc) is 2.28. The third-order valence-corrected chi connectivity index (χ3v) is 2.27. The van der Waals surface area contributed by atoms with E-state index in [1.54, 1.807) is 12.1 Å². The molecule has 102 valence electrons. The largest absolute Gasteiger partial charge is 0.465 e. The number of nitrogens with one attached hydrogen (secondary N) is 1. The highest BCUT2D eigenvalue weighted by Gasteiger charge is 2.38. The molecule has 1 unspecified atom stereocenters. The van der Waals surface area contributed by atoms with Crippen LogP contribution in [0.3, 0.4) is 0 Å². The van der Waals surface area contributed by atoms with Gasteiger partial charge in [0.2, 0.25) is 5.88 Å². The zero-order valence-electron chi connectivity index (χ0n) is 10.4. The van der Waals surface area contributed by atoms with E-state index in [4.69, 9.17) is 4.74 Å². The monoisotopic (exact) mass is 262 g/mol. The van der Waals surface area contributed by atoms with Gasteiger partial charge in [0.05, 0.1) is 5.69 Å². The van der Waals surface area contributed by atoms with E-state index in [0.29, 0.717) is 12.2 Å². The summed E-state index contributed by atoms with van der Waals surface area (Å²) in [5.74, 6) is -0.00405. The summed E-state index contributed by atoms with van der Waals surface area (Å²) in [5, 5.41) is 3.12. The summed E-state index contributed by atoms with van der Waals surface area (Å²) in [5.41, 5.74) is 0.662. The predicted octanol–water partition coefficient (Wildman–Crippen LogP) is 2.91. The van der Waals surface area contributed by atoms with Gasteiger partial charge in [-0.25, -0.2) is 4.98 Å². The maximum absolute atomic E-state index is 12.3. The Labute approximate surface area is 104 Å². The fraction of sp³-hybridized carbons (Fsp3) is 0.583. The van der Waals surface area contributed by atoms with Crippen molar-refractivity contribution in [2.24, 2.45) is 0 Å². The topological polar surface area (TPSA) is 34.1 Å². The summed E-state index contributed by atoms with van der Waals surface area (Å²) >= 11 is 0. The quantitative estimate of drug-likeness (QED) is 0.800. The van der Waals surface area contributed by atoms with E-state index in [1.807, 2.05) is 6.92 Å². The van der Waals surface area contributed by atoms with Gasteiger partial charge < -0.3 is 10.1 Å². The number of alkyl halides is 3. The Morgan fingerprint density at radius 1 is 1.39 bits per heavy atom. The minimum Gasteiger partial charge on any atom is -0.465 e. The van der Waals surface area contributed by atoms with E-state index >= 15 is 0 Å². The molecule has 18 heavy (non-hydrogen) atoms. The molecule has 0 bridgehead atoms. The molecular formula is C12H17F3N2O. The van der Waals surface area contributed by atoms with Crippen molar-refractivity contribution in [2.75, 3.05) is 6.54 Å². The van der Waals surface area contributed by atoms with Crippen LogP contribution in [0.2, 0.25) is 0 Å². The van der Waals surface area contributed by atoms with Gasteiger partial charge in [-0.2, -0.15) is 13.2 Å². The van der Waals surface area contributed by atoms with Gasteiger partial charge in [-0.1, -0.05) is 13.0 Å². The lowest BCUT2D eigenvalue weighted by atomic mass is 10.3. The Balaban J connectivity index is 2.59. The van der Waals surface area contributed by atoms with E-state index in [9.17, 15) is 13.2 Å². The zero-order valence-corrected chi connectivity index (χ0v) is 10.4. The number of ether oxygens (including phenoxy) is 1. The lowest BCUT2D eigenvalue weighted by molar-refractivity contribution is -0.190. The van der Waals surface area contributed by atoms with Gasteiger partial charge in [-0.3, -0.25) is 0 Å². The fourth-order valence-corrected chi connectivity index (χ4v) is 1.26. The summed E-state index contributed by atoms with van der Waals surface area (Å²) in [7, 11) is 0. The van der Waals surface area contributed by atoms with Crippen molar-refractivity contribution in [2.45, 2.75) is 39.1 Å². The molecule has 1 atom stereocenters. The smallest absolute Gasteiger partial charge is 0.425 e. The highest BCUT2D eigenvalue weighted by atomic mass is 19.4. The molecule has 0 saturated carbocycles. The van der Waals surface area contributed by atoms with Crippen LogP contribution in [0.15, 0.2) is 18.2 Å². The first-order valence-electron chi connectivity index (χ1n) is 5.83. The first-order valence-corrected chi connectivity index (χ1v) is 5.83. The molecule has 0 saturated heterocycles. The Bertz CT molecular complexity index is 369. The van der Waals surface area contributed by atoms with Crippen molar-refractivity contribution >= 4 is 0 Å². The van der Waals surface area contributed by atoms with Crippen LogP contribution in [0.1, 0.15) is 26.0 Å². The van der Waals surface area contributed by atoms with E-state index < -0.39 is 12.3 Å². The molecule has 1 aromatic rings. The predicted molar refractivity (Wildman–Crippen MR) is 62.4 cm³/mol. The van der Waals surface area contributed by atoms with Crippen molar-refractivity contribution in [3.63, 3.8) is 0 Å². The molecule has 0 amide bonds. The van der Waals surface area contributed by atoms with Crippen LogP contribution >= 0.6 is 0 Å². The summed E-state index contributed by atoms with van der Waals surface area (Å²) in [6.45, 7) is 4.35. The Morgan fingerprint density at radius 2 is 2.11 bits per heavy atom. The number of hydrogen-bond acceptors (Lipinski definition) is 3. The molecule has 0 aliphatic rings. The number of aromatic nitrogens is 1. The van der Waals surface area contributed by atoms with Crippen LogP contribution in [0.4, 0.5) is 13.2 Å². The normalized spacial score (nSPS) is 13.4. The van der Waals surface area contributed by atoms with Gasteiger partial charge in [-0.15, -0.1) is 0 Å². The zero-order chi connectivity index (χ0) is 13.6. The van der Waals surface area contributed by atoms with Crippen molar-refractivity contribution in [1.29, 1.82) is 0 Å². The molecule has 0 radical (unpaired) electrons. The average molecular weight is 262 g/mol. The Morgan fingerprint density at radius 3 is 2.72 bits per heavy atom. The third kappa shape index (κ3) is 4.91. The summed E-state index contributed by atoms with van der Waals surface area (Å²) in [6, 6.07) is 4.80. The number of hydrogen-bond donors (Lipinski definition) is 1. The molecule has 1 heterocycles. The van der Waals surface area contributed by atoms with Crippen molar-refractivity contribution in [1.82, 2.24) is 10.3 Å². The first-order chi connectivity index (χ1) is 8.43. The van der Waals surface area contributed by atoms with Crippen LogP contribution < -0.4 is 10.1 Å². The van der Waals surface area contributed by atoms with Crippen molar-refractivity contribution in [3.8, 4) is 5.88 Å². The summed E-state index contributed by atoms with van der Waals surface area (Å²) in [6.07, 6.45) is -5.25. The lowest BCUT2D eigenvalue weighted by Gasteiger charge is -2.17. The standard InChI is InChI=1S/C12H17F3N2O/c1-3-7-16-8-10-5-4-6-11(17-10)18-9(2)12(13,14)15/h4-6,9,16H,3,7-8H2,1-2H3. The molecule has 6 heteroatoms. The third-order valence-electron chi connectivity index (χ3n) is 2.27. The summed E-state index contributed by atoms with van der Waals surface area (Å²) < 4.78 is 41.7. The number of rotatable bonds is 6. The van der Waals surface area contributed by atoms with Gasteiger partial charge >= 0.3 is 6.18 Å². The second kappa shape index (κ2) is 6.58. The van der Waals surface area contributed by atoms with Gasteiger partial charge in [0.15, 0.2) is 6.10 Å². The van der Waals surface area contributed by atoms with E-state index in [1.165, 1.54) is 6.07 Å². The minimum atomic E-state index is -4.38. The van der Waals surface area contributed by atoms with Crippen LogP contribution in [-0.2, 0) is 6.54 Å². The SMILES string of the molecule is CCCNCc1cccc(OC(C)C(F)(F)F)n1. The van der Waals surface area contributed by atoms with Crippen LogP contribution in [0, 0.1) is 0 Å². The highest BCUT2D eigenvalue weighted by molar-refractivity contribution is 5.16.